The summed E-state index contributed by atoms with van der Waals surface area (Å²) in [6, 6.07) is 5.79. The zero-order chi connectivity index (χ0) is 29.6. The van der Waals surface area contributed by atoms with E-state index < -0.39 is 31.8 Å². The number of aromatic nitrogens is 2. The normalized spacial score (nSPS) is 21.3. The number of amides is 1. The number of likely N-dealkylation sites (N-methyl/N-ethyl adjacent to an activating group) is 1. The highest BCUT2D eigenvalue weighted by Crippen LogP contribution is 2.29. The number of morpholine rings is 1. The van der Waals surface area contributed by atoms with Crippen molar-refractivity contribution < 1.29 is 26.4 Å². The van der Waals surface area contributed by atoms with Crippen LogP contribution in [0.1, 0.15) is 25.9 Å². The van der Waals surface area contributed by atoms with Crippen LogP contribution in [-0.4, -0.2) is 122 Å². The molecule has 0 saturated carbocycles. The van der Waals surface area contributed by atoms with Crippen LogP contribution in [0.2, 0.25) is 0 Å². The number of rotatable bonds is 6. The van der Waals surface area contributed by atoms with Gasteiger partial charge in [-0.15, -0.1) is 17.8 Å². The number of hydrogen-bond donors (Lipinski definition) is 1. The van der Waals surface area contributed by atoms with Crippen LogP contribution in [0, 0.1) is 12.3 Å². The molecule has 1 unspecified atom stereocenters. The van der Waals surface area contributed by atoms with Crippen molar-refractivity contribution in [3.05, 3.63) is 45.4 Å². The Morgan fingerprint density at radius 3 is 2.67 bits per heavy atom. The minimum Gasteiger partial charge on any atom is -0.379 e. The van der Waals surface area contributed by atoms with Crippen LogP contribution in [0.5, 0.6) is 0 Å². The number of terminal acetylenes is 1. The minimum absolute atomic E-state index is 0.0149. The fourth-order valence-corrected chi connectivity index (χ4v) is 9.96. The maximum atomic E-state index is 13.8. The molecule has 2 fully saturated rings. The van der Waals surface area contributed by atoms with Crippen LogP contribution < -0.4 is 0 Å². The average molecular weight is 633 g/mol. The molecule has 5 heterocycles. The number of nitrogens with one attached hydrogen (secondary N) is 1. The first-order chi connectivity index (χ1) is 20.0. The molecule has 0 spiro atoms. The van der Waals surface area contributed by atoms with E-state index in [9.17, 15) is 21.6 Å². The minimum atomic E-state index is -4.04. The molecule has 2 saturated heterocycles. The number of H-pyrrole nitrogens is 1. The summed E-state index contributed by atoms with van der Waals surface area (Å²) >= 11 is 1.33. The summed E-state index contributed by atoms with van der Waals surface area (Å²) in [6.07, 6.45) is 6.24. The number of aromatic amines is 1. The first-order valence-corrected chi connectivity index (χ1v) is 17.5. The standard InChI is InChI=1S/C27H32N6O6S3/c1-3-19-4-5-22-20(14-19)15-25(28-22)42(37,38)32-8-9-33(21(16-32)18-41(35,36)31-10-12-39-13-11-31)27(34)26-29-23-6-7-30(2)17-24(23)40-26/h1,4-5,14-15,21,28H,6-13,16-18H2,2H3. The summed E-state index contributed by atoms with van der Waals surface area (Å²) in [7, 11) is -5.84. The van der Waals surface area contributed by atoms with E-state index in [-0.39, 0.29) is 56.9 Å². The van der Waals surface area contributed by atoms with Crippen LogP contribution >= 0.6 is 11.3 Å². The van der Waals surface area contributed by atoms with Gasteiger partial charge in [-0.05, 0) is 31.3 Å². The van der Waals surface area contributed by atoms with E-state index >= 15 is 0 Å². The fourth-order valence-electron chi connectivity index (χ4n) is 5.64. The van der Waals surface area contributed by atoms with Crippen LogP contribution in [-0.2, 0) is 37.7 Å². The topological polar surface area (TPSA) is 136 Å². The van der Waals surface area contributed by atoms with E-state index in [2.05, 4.69) is 20.8 Å². The summed E-state index contributed by atoms with van der Waals surface area (Å²) in [6.45, 7) is 2.43. The number of carbonyl (C=O) groups is 1. The second kappa shape index (κ2) is 11.3. The molecule has 3 aromatic rings. The molecule has 1 amide bonds. The zero-order valence-electron chi connectivity index (χ0n) is 23.2. The van der Waals surface area contributed by atoms with Crippen molar-refractivity contribution in [1.82, 2.24) is 28.4 Å². The molecule has 0 aliphatic carbocycles. The first kappa shape index (κ1) is 29.2. The highest BCUT2D eigenvalue weighted by atomic mass is 32.2. The van der Waals surface area contributed by atoms with Crippen molar-refractivity contribution in [2.24, 2.45) is 0 Å². The molecular weight excluding hydrogens is 601 g/mol. The predicted molar refractivity (Wildman–Crippen MR) is 158 cm³/mol. The van der Waals surface area contributed by atoms with E-state index in [0.29, 0.717) is 28.0 Å². The first-order valence-electron chi connectivity index (χ1n) is 13.7. The predicted octanol–water partition coefficient (Wildman–Crippen LogP) is 0.771. The molecule has 0 bridgehead atoms. The molecule has 1 N–H and O–H groups in total. The number of piperazine rings is 1. The fraction of sp³-hybridized carbons (Fsp3) is 0.481. The van der Waals surface area contributed by atoms with E-state index in [4.69, 9.17) is 11.2 Å². The third-order valence-electron chi connectivity index (χ3n) is 7.96. The molecule has 3 aliphatic heterocycles. The summed E-state index contributed by atoms with van der Waals surface area (Å²) in [5.41, 5.74) is 2.14. The Hall–Kier alpha value is -2.84. The number of thiazole rings is 1. The van der Waals surface area contributed by atoms with Gasteiger partial charge in [0, 0.05) is 73.6 Å². The Bertz CT molecular complexity index is 1770. The van der Waals surface area contributed by atoms with Crippen molar-refractivity contribution in [3.8, 4) is 12.3 Å². The third kappa shape index (κ3) is 5.60. The number of hydrogen-bond acceptors (Lipinski definition) is 9. The number of sulfonamides is 2. The van der Waals surface area contributed by atoms with Gasteiger partial charge in [0.05, 0.1) is 30.7 Å². The van der Waals surface area contributed by atoms with Crippen molar-refractivity contribution in [1.29, 1.82) is 0 Å². The van der Waals surface area contributed by atoms with Crippen molar-refractivity contribution >= 4 is 48.2 Å². The Kier molecular flexibility index (Phi) is 7.90. The molecule has 224 valence electrons. The Morgan fingerprint density at radius 2 is 1.90 bits per heavy atom. The van der Waals surface area contributed by atoms with Gasteiger partial charge in [-0.2, -0.15) is 8.61 Å². The van der Waals surface area contributed by atoms with Gasteiger partial charge in [0.2, 0.25) is 10.0 Å². The summed E-state index contributed by atoms with van der Waals surface area (Å²) in [4.78, 5) is 26.1. The number of nitrogens with zero attached hydrogens (tertiary/aromatic N) is 5. The zero-order valence-corrected chi connectivity index (χ0v) is 25.6. The maximum Gasteiger partial charge on any atom is 0.283 e. The lowest BCUT2D eigenvalue weighted by Gasteiger charge is -2.41. The highest BCUT2D eigenvalue weighted by molar-refractivity contribution is 7.89. The average Bonchev–Trinajstić information content (AvgIpc) is 3.61. The third-order valence-corrected chi connectivity index (χ3v) is 12.8. The molecule has 3 aliphatic rings. The lowest BCUT2D eigenvalue weighted by molar-refractivity contribution is 0.0583. The van der Waals surface area contributed by atoms with Crippen molar-refractivity contribution in [2.75, 3.05) is 65.3 Å². The molecule has 12 nitrogen and oxygen atoms in total. The van der Waals surface area contributed by atoms with Crippen LogP contribution in [0.3, 0.4) is 0 Å². The lowest BCUT2D eigenvalue weighted by atomic mass is 10.2. The number of fused-ring (bicyclic) bond motifs is 2. The summed E-state index contributed by atoms with van der Waals surface area (Å²) in [5, 5.41) is 0.945. The van der Waals surface area contributed by atoms with Gasteiger partial charge >= 0.3 is 0 Å². The summed E-state index contributed by atoms with van der Waals surface area (Å²) < 4.78 is 62.5. The van der Waals surface area contributed by atoms with E-state index in [1.54, 1.807) is 18.2 Å². The van der Waals surface area contributed by atoms with Gasteiger partial charge in [0.15, 0.2) is 5.01 Å². The van der Waals surface area contributed by atoms with E-state index in [1.165, 1.54) is 30.9 Å². The second-order valence-electron chi connectivity index (χ2n) is 10.8. The van der Waals surface area contributed by atoms with Gasteiger partial charge in [0.1, 0.15) is 5.03 Å². The van der Waals surface area contributed by atoms with E-state index in [0.717, 1.165) is 23.5 Å². The molecular formula is C27H32N6O6S3. The number of ether oxygens (including phenoxy) is 1. The van der Waals surface area contributed by atoms with Gasteiger partial charge < -0.3 is 19.5 Å². The van der Waals surface area contributed by atoms with Crippen LogP contribution in [0.25, 0.3) is 10.9 Å². The highest BCUT2D eigenvalue weighted by Gasteiger charge is 2.41. The molecule has 0 radical (unpaired) electrons. The molecule has 6 rings (SSSR count). The Balaban J connectivity index is 1.30. The van der Waals surface area contributed by atoms with E-state index in [1.807, 2.05) is 7.05 Å². The monoisotopic (exact) mass is 632 g/mol. The molecule has 1 atom stereocenters. The van der Waals surface area contributed by atoms with Gasteiger partial charge in [-0.3, -0.25) is 4.79 Å². The lowest BCUT2D eigenvalue weighted by Crippen LogP contribution is -2.59. The van der Waals surface area contributed by atoms with Crippen LogP contribution in [0.15, 0.2) is 29.3 Å². The van der Waals surface area contributed by atoms with Crippen LogP contribution in [0.4, 0.5) is 0 Å². The largest absolute Gasteiger partial charge is 0.379 e. The van der Waals surface area contributed by atoms with Crippen molar-refractivity contribution in [2.45, 2.75) is 24.0 Å². The number of carbonyl (C=O) groups excluding carboxylic acids is 1. The SMILES string of the molecule is C#Cc1ccc2[nH]c(S(=O)(=O)N3CCN(C(=O)c4nc5c(s4)CN(C)CC5)C(CS(=O)(=O)N4CCOCC4)C3)cc2c1. The molecule has 15 heteroatoms. The van der Waals surface area contributed by atoms with Gasteiger partial charge in [0.25, 0.3) is 15.9 Å². The Morgan fingerprint density at radius 1 is 1.12 bits per heavy atom. The quantitative estimate of drug-likeness (QED) is 0.394. The Labute approximate surface area is 249 Å². The smallest absolute Gasteiger partial charge is 0.283 e. The molecule has 42 heavy (non-hydrogen) atoms. The van der Waals surface area contributed by atoms with Gasteiger partial charge in [-0.1, -0.05) is 5.92 Å². The second-order valence-corrected chi connectivity index (χ2v) is 15.8. The maximum absolute atomic E-state index is 13.8. The number of benzene rings is 1. The molecule has 2 aromatic heterocycles. The summed E-state index contributed by atoms with van der Waals surface area (Å²) in [5.74, 6) is 1.77. The van der Waals surface area contributed by atoms with Crippen molar-refractivity contribution in [3.63, 3.8) is 0 Å². The molecule has 1 aromatic carbocycles. The van der Waals surface area contributed by atoms with Gasteiger partial charge in [-0.25, -0.2) is 21.8 Å².